The number of benzene rings is 1. The predicted molar refractivity (Wildman–Crippen MR) is 107 cm³/mol. The lowest BCUT2D eigenvalue weighted by Crippen LogP contribution is -2.51. The molecule has 140 valence electrons. The second kappa shape index (κ2) is 8.56. The van der Waals surface area contributed by atoms with E-state index in [1.807, 2.05) is 24.1 Å². The van der Waals surface area contributed by atoms with Gasteiger partial charge in [0, 0.05) is 43.3 Å². The van der Waals surface area contributed by atoms with Crippen molar-refractivity contribution in [1.29, 1.82) is 0 Å². The van der Waals surface area contributed by atoms with Gasteiger partial charge in [0.25, 0.3) is 0 Å². The summed E-state index contributed by atoms with van der Waals surface area (Å²) in [5.74, 6) is 1.09. The van der Waals surface area contributed by atoms with Gasteiger partial charge < -0.3 is 14.5 Å². The molecular weight excluding hydrogens is 346 g/mol. The average molecular weight is 374 g/mol. The number of carbonyl (C=O) groups excluding carboxylic acids is 1. The zero-order valence-electron chi connectivity index (χ0n) is 15.8. The number of likely N-dealkylation sites (N-methyl/N-ethyl adjacent to an activating group) is 1. The third-order valence-electron chi connectivity index (χ3n) is 4.86. The summed E-state index contributed by atoms with van der Waals surface area (Å²) in [5, 5.41) is 2.11. The fourth-order valence-electron chi connectivity index (χ4n) is 3.21. The lowest BCUT2D eigenvalue weighted by molar-refractivity contribution is -0.132. The molecule has 0 bridgehead atoms. The van der Waals surface area contributed by atoms with Crippen LogP contribution in [0.25, 0.3) is 0 Å². The Morgan fingerprint density at radius 3 is 2.42 bits per heavy atom. The Kier molecular flexibility index (Phi) is 6.16. The van der Waals surface area contributed by atoms with Crippen molar-refractivity contribution < 1.29 is 9.53 Å². The van der Waals surface area contributed by atoms with Gasteiger partial charge in [-0.1, -0.05) is 0 Å². The van der Waals surface area contributed by atoms with E-state index in [0.29, 0.717) is 6.54 Å². The van der Waals surface area contributed by atoms with Crippen LogP contribution in [-0.4, -0.2) is 62.6 Å². The number of rotatable bonds is 6. The van der Waals surface area contributed by atoms with Crippen LogP contribution in [0.4, 0.5) is 5.69 Å². The molecule has 1 aliphatic rings. The number of carbonyl (C=O) groups is 1. The van der Waals surface area contributed by atoms with Gasteiger partial charge in [0.05, 0.1) is 13.7 Å². The molecule has 26 heavy (non-hydrogen) atoms. The first kappa shape index (κ1) is 18.7. The van der Waals surface area contributed by atoms with Crippen molar-refractivity contribution in [3.05, 3.63) is 46.2 Å². The third-order valence-corrected chi connectivity index (χ3v) is 5.86. The molecule has 0 atom stereocenters. The van der Waals surface area contributed by atoms with E-state index in [4.69, 9.17) is 4.74 Å². The maximum absolute atomic E-state index is 12.6. The van der Waals surface area contributed by atoms with E-state index in [-0.39, 0.29) is 5.91 Å². The zero-order valence-corrected chi connectivity index (χ0v) is 16.6. The van der Waals surface area contributed by atoms with Crippen LogP contribution in [0.1, 0.15) is 10.4 Å². The van der Waals surface area contributed by atoms with Crippen LogP contribution < -0.4 is 9.64 Å². The van der Waals surface area contributed by atoms with Crippen molar-refractivity contribution in [3.63, 3.8) is 0 Å². The third kappa shape index (κ3) is 4.56. The van der Waals surface area contributed by atoms with Crippen LogP contribution >= 0.6 is 11.3 Å². The summed E-state index contributed by atoms with van der Waals surface area (Å²) in [7, 11) is 3.70. The van der Waals surface area contributed by atoms with Gasteiger partial charge in [-0.3, -0.25) is 9.69 Å². The minimum Gasteiger partial charge on any atom is -0.497 e. The topological polar surface area (TPSA) is 36.0 Å². The maximum Gasteiger partial charge on any atom is 0.236 e. The molecule has 1 aromatic carbocycles. The Morgan fingerprint density at radius 2 is 1.85 bits per heavy atom. The number of piperazine rings is 1. The van der Waals surface area contributed by atoms with Gasteiger partial charge in [-0.2, -0.15) is 0 Å². The summed E-state index contributed by atoms with van der Waals surface area (Å²) in [5.41, 5.74) is 2.49. The van der Waals surface area contributed by atoms with Crippen molar-refractivity contribution in [2.45, 2.75) is 13.5 Å². The second-order valence-electron chi connectivity index (χ2n) is 6.76. The first-order valence-electron chi connectivity index (χ1n) is 8.95. The van der Waals surface area contributed by atoms with Crippen LogP contribution in [0.2, 0.25) is 0 Å². The fraction of sp³-hybridized carbons (Fsp3) is 0.450. The molecule has 1 fully saturated rings. The van der Waals surface area contributed by atoms with Crippen LogP contribution in [0, 0.1) is 6.92 Å². The molecule has 2 aromatic rings. The fourth-order valence-corrected chi connectivity index (χ4v) is 4.19. The molecule has 0 N–H and O–H groups in total. The number of aryl methyl sites for hydroxylation is 1. The van der Waals surface area contributed by atoms with Gasteiger partial charge in [-0.15, -0.1) is 11.3 Å². The molecule has 1 amide bonds. The van der Waals surface area contributed by atoms with Crippen molar-refractivity contribution in [2.75, 3.05) is 51.8 Å². The summed E-state index contributed by atoms with van der Waals surface area (Å²) in [6, 6.07) is 10.2. The highest BCUT2D eigenvalue weighted by Gasteiger charge is 2.22. The van der Waals surface area contributed by atoms with Crippen molar-refractivity contribution in [2.24, 2.45) is 0 Å². The first-order valence-corrected chi connectivity index (χ1v) is 9.83. The van der Waals surface area contributed by atoms with E-state index in [9.17, 15) is 4.79 Å². The quantitative estimate of drug-likeness (QED) is 0.780. The zero-order chi connectivity index (χ0) is 18.5. The standard InChI is InChI=1S/C20H27N3O2S/c1-16-8-13-26-19(16)14-21(2)15-20(24)23-11-9-22(10-12-23)17-4-6-18(25-3)7-5-17/h4-8,13H,9-12,14-15H2,1-3H3. The highest BCUT2D eigenvalue weighted by Crippen LogP contribution is 2.21. The van der Waals surface area contributed by atoms with E-state index >= 15 is 0 Å². The molecule has 1 aliphatic heterocycles. The number of nitrogens with zero attached hydrogens (tertiary/aromatic N) is 3. The highest BCUT2D eigenvalue weighted by atomic mass is 32.1. The SMILES string of the molecule is COc1ccc(N2CCN(C(=O)CN(C)Cc3sccc3C)CC2)cc1. The van der Waals surface area contributed by atoms with Crippen LogP contribution in [0.5, 0.6) is 5.75 Å². The Morgan fingerprint density at radius 1 is 1.15 bits per heavy atom. The summed E-state index contributed by atoms with van der Waals surface area (Å²) >= 11 is 1.76. The molecule has 1 aromatic heterocycles. The van der Waals surface area contributed by atoms with Gasteiger partial charge >= 0.3 is 0 Å². The number of methoxy groups -OCH3 is 1. The molecule has 2 heterocycles. The van der Waals surface area contributed by atoms with Crippen molar-refractivity contribution in [3.8, 4) is 5.75 Å². The van der Waals surface area contributed by atoms with E-state index in [0.717, 1.165) is 38.5 Å². The Hall–Kier alpha value is -2.05. The number of hydrogen-bond donors (Lipinski definition) is 0. The molecule has 0 saturated carbocycles. The van der Waals surface area contributed by atoms with Crippen molar-refractivity contribution >= 4 is 22.9 Å². The molecule has 6 heteroatoms. The molecular formula is C20H27N3O2S. The van der Waals surface area contributed by atoms with Gasteiger partial charge in [-0.05, 0) is 55.2 Å². The Balaban J connectivity index is 1.47. The van der Waals surface area contributed by atoms with Crippen molar-refractivity contribution in [1.82, 2.24) is 9.80 Å². The summed E-state index contributed by atoms with van der Waals surface area (Å²) in [4.78, 5) is 20.4. The lowest BCUT2D eigenvalue weighted by atomic mass is 10.2. The number of amides is 1. The second-order valence-corrected chi connectivity index (χ2v) is 7.77. The monoisotopic (exact) mass is 373 g/mol. The Bertz CT molecular complexity index is 721. The summed E-state index contributed by atoms with van der Waals surface area (Å²) in [6.07, 6.45) is 0. The summed E-state index contributed by atoms with van der Waals surface area (Å²) in [6.45, 7) is 6.71. The number of ether oxygens (including phenoxy) is 1. The summed E-state index contributed by atoms with van der Waals surface area (Å²) < 4.78 is 5.21. The lowest BCUT2D eigenvalue weighted by Gasteiger charge is -2.36. The van der Waals surface area contributed by atoms with Crippen LogP contribution in [0.15, 0.2) is 35.7 Å². The molecule has 0 radical (unpaired) electrons. The smallest absolute Gasteiger partial charge is 0.236 e. The van der Waals surface area contributed by atoms with Gasteiger partial charge in [0.1, 0.15) is 5.75 Å². The van der Waals surface area contributed by atoms with Crippen LogP contribution in [0.3, 0.4) is 0 Å². The van der Waals surface area contributed by atoms with Crippen LogP contribution in [-0.2, 0) is 11.3 Å². The molecule has 0 aliphatic carbocycles. The molecule has 0 unspecified atom stereocenters. The van der Waals surface area contributed by atoms with E-state index in [1.54, 1.807) is 18.4 Å². The van der Waals surface area contributed by atoms with E-state index in [2.05, 4.69) is 40.3 Å². The number of hydrogen-bond acceptors (Lipinski definition) is 5. The minimum atomic E-state index is 0.219. The van der Waals surface area contributed by atoms with Gasteiger partial charge in [0.2, 0.25) is 5.91 Å². The van der Waals surface area contributed by atoms with E-state index in [1.165, 1.54) is 16.1 Å². The first-order chi connectivity index (χ1) is 12.6. The predicted octanol–water partition coefficient (Wildman–Crippen LogP) is 2.85. The number of thiophene rings is 1. The minimum absolute atomic E-state index is 0.219. The van der Waals surface area contributed by atoms with Gasteiger partial charge in [0.15, 0.2) is 0 Å². The molecule has 0 spiro atoms. The van der Waals surface area contributed by atoms with E-state index < -0.39 is 0 Å². The molecule has 1 saturated heterocycles. The number of anilines is 1. The Labute approximate surface area is 159 Å². The normalized spacial score (nSPS) is 14.8. The van der Waals surface area contributed by atoms with Gasteiger partial charge in [-0.25, -0.2) is 0 Å². The molecule has 3 rings (SSSR count). The molecule has 5 nitrogen and oxygen atoms in total. The maximum atomic E-state index is 12.6. The largest absolute Gasteiger partial charge is 0.497 e. The highest BCUT2D eigenvalue weighted by molar-refractivity contribution is 7.10. The average Bonchev–Trinajstić information content (AvgIpc) is 3.06.